The van der Waals surface area contributed by atoms with Crippen molar-refractivity contribution in [3.8, 4) is 0 Å². The number of unbranched alkanes of at least 4 members (excludes halogenated alkanes) is 1. The third kappa shape index (κ3) is 3.56. The molecule has 0 unspecified atom stereocenters. The predicted octanol–water partition coefficient (Wildman–Crippen LogP) is 1.56. The molecule has 0 N–H and O–H groups in total. The van der Waals surface area contributed by atoms with Crippen LogP contribution in [0.1, 0.15) is 36.5 Å². The molecule has 5 heteroatoms. The SMILES string of the molecule is CCCCC(=O)N1CCN(C(=O)c2ccncc2)CC1. The third-order valence-electron chi connectivity index (χ3n) is 3.59. The van der Waals surface area contributed by atoms with Crippen molar-refractivity contribution in [3.63, 3.8) is 0 Å². The molecule has 1 aliphatic heterocycles. The van der Waals surface area contributed by atoms with Crippen LogP contribution in [0.25, 0.3) is 0 Å². The molecule has 5 nitrogen and oxygen atoms in total. The molecule has 0 bridgehead atoms. The van der Waals surface area contributed by atoms with Crippen LogP contribution in [0.4, 0.5) is 0 Å². The van der Waals surface area contributed by atoms with Crippen molar-refractivity contribution in [1.29, 1.82) is 0 Å². The first-order valence-electron chi connectivity index (χ1n) is 7.19. The Balaban J connectivity index is 1.85. The third-order valence-corrected chi connectivity index (χ3v) is 3.59. The van der Waals surface area contributed by atoms with E-state index in [0.717, 1.165) is 12.8 Å². The van der Waals surface area contributed by atoms with Gasteiger partial charge in [-0.05, 0) is 18.6 Å². The minimum atomic E-state index is 0.0213. The Morgan fingerprint density at radius 3 is 2.30 bits per heavy atom. The summed E-state index contributed by atoms with van der Waals surface area (Å²) in [6.45, 7) is 4.58. The fourth-order valence-electron chi connectivity index (χ4n) is 2.32. The summed E-state index contributed by atoms with van der Waals surface area (Å²) >= 11 is 0. The molecular weight excluding hydrogens is 254 g/mol. The van der Waals surface area contributed by atoms with Crippen LogP contribution in [-0.4, -0.2) is 52.8 Å². The summed E-state index contributed by atoms with van der Waals surface area (Å²) in [5, 5.41) is 0. The van der Waals surface area contributed by atoms with Gasteiger partial charge in [0.2, 0.25) is 5.91 Å². The van der Waals surface area contributed by atoms with Crippen LogP contribution in [0.15, 0.2) is 24.5 Å². The zero-order valence-corrected chi connectivity index (χ0v) is 11.9. The number of piperazine rings is 1. The maximum absolute atomic E-state index is 12.2. The van der Waals surface area contributed by atoms with Crippen molar-refractivity contribution in [2.75, 3.05) is 26.2 Å². The van der Waals surface area contributed by atoms with Crippen LogP contribution < -0.4 is 0 Å². The van der Waals surface area contributed by atoms with Gasteiger partial charge in [-0.3, -0.25) is 14.6 Å². The van der Waals surface area contributed by atoms with Gasteiger partial charge in [-0.1, -0.05) is 13.3 Å². The zero-order valence-electron chi connectivity index (χ0n) is 11.9. The lowest BCUT2D eigenvalue weighted by Gasteiger charge is -2.34. The van der Waals surface area contributed by atoms with Crippen LogP contribution in [0.3, 0.4) is 0 Å². The number of hydrogen-bond acceptors (Lipinski definition) is 3. The van der Waals surface area contributed by atoms with Gasteiger partial charge in [0.25, 0.3) is 5.91 Å². The maximum Gasteiger partial charge on any atom is 0.254 e. The minimum Gasteiger partial charge on any atom is -0.339 e. The summed E-state index contributed by atoms with van der Waals surface area (Å²) in [5.74, 6) is 0.232. The number of nitrogens with zero attached hydrogens (tertiary/aromatic N) is 3. The second-order valence-corrected chi connectivity index (χ2v) is 5.01. The molecule has 108 valence electrons. The molecule has 0 aliphatic carbocycles. The fraction of sp³-hybridized carbons (Fsp3) is 0.533. The van der Waals surface area contributed by atoms with Crippen molar-refractivity contribution >= 4 is 11.8 Å². The quantitative estimate of drug-likeness (QED) is 0.838. The van der Waals surface area contributed by atoms with E-state index in [2.05, 4.69) is 11.9 Å². The summed E-state index contributed by atoms with van der Waals surface area (Å²) in [6, 6.07) is 3.45. The van der Waals surface area contributed by atoms with E-state index < -0.39 is 0 Å². The molecule has 1 aromatic rings. The Hall–Kier alpha value is -1.91. The molecule has 1 aromatic heterocycles. The molecular formula is C15H21N3O2. The molecule has 0 spiro atoms. The molecule has 0 saturated carbocycles. The van der Waals surface area contributed by atoms with Gasteiger partial charge in [0.05, 0.1) is 0 Å². The number of hydrogen-bond donors (Lipinski definition) is 0. The van der Waals surface area contributed by atoms with Crippen molar-refractivity contribution in [2.45, 2.75) is 26.2 Å². The Kier molecular flexibility index (Phi) is 5.09. The smallest absolute Gasteiger partial charge is 0.254 e. The number of carbonyl (C=O) groups is 2. The topological polar surface area (TPSA) is 53.5 Å². The largest absolute Gasteiger partial charge is 0.339 e. The van der Waals surface area contributed by atoms with Crippen LogP contribution in [-0.2, 0) is 4.79 Å². The summed E-state index contributed by atoms with van der Waals surface area (Å²) in [6.07, 6.45) is 5.84. The lowest BCUT2D eigenvalue weighted by atomic mass is 10.2. The first kappa shape index (κ1) is 14.5. The predicted molar refractivity (Wildman–Crippen MR) is 76.2 cm³/mol. The van der Waals surface area contributed by atoms with E-state index in [1.165, 1.54) is 0 Å². The first-order chi connectivity index (χ1) is 9.72. The molecule has 0 atom stereocenters. The highest BCUT2D eigenvalue weighted by Gasteiger charge is 2.24. The van der Waals surface area contributed by atoms with Crippen molar-refractivity contribution in [1.82, 2.24) is 14.8 Å². The first-order valence-corrected chi connectivity index (χ1v) is 7.19. The van der Waals surface area contributed by atoms with Crippen LogP contribution in [0.5, 0.6) is 0 Å². The van der Waals surface area contributed by atoms with E-state index >= 15 is 0 Å². The molecule has 1 saturated heterocycles. The van der Waals surface area contributed by atoms with E-state index in [0.29, 0.717) is 38.2 Å². The average molecular weight is 275 g/mol. The van der Waals surface area contributed by atoms with E-state index in [1.807, 2.05) is 4.90 Å². The van der Waals surface area contributed by atoms with E-state index in [-0.39, 0.29) is 11.8 Å². The van der Waals surface area contributed by atoms with Gasteiger partial charge in [0.1, 0.15) is 0 Å². The Morgan fingerprint density at radius 1 is 1.10 bits per heavy atom. The Morgan fingerprint density at radius 2 is 1.70 bits per heavy atom. The van der Waals surface area contributed by atoms with Gasteiger partial charge in [0.15, 0.2) is 0 Å². The molecule has 2 amide bonds. The van der Waals surface area contributed by atoms with Gasteiger partial charge >= 0.3 is 0 Å². The second kappa shape index (κ2) is 7.03. The highest BCUT2D eigenvalue weighted by molar-refractivity contribution is 5.94. The molecule has 0 radical (unpaired) electrons. The molecule has 20 heavy (non-hydrogen) atoms. The van der Waals surface area contributed by atoms with Crippen LogP contribution in [0.2, 0.25) is 0 Å². The highest BCUT2D eigenvalue weighted by atomic mass is 16.2. The molecule has 1 aliphatic rings. The summed E-state index contributed by atoms with van der Waals surface area (Å²) in [5.41, 5.74) is 0.658. The van der Waals surface area contributed by atoms with Gasteiger partial charge in [-0.2, -0.15) is 0 Å². The maximum atomic E-state index is 12.2. The van der Waals surface area contributed by atoms with Crippen molar-refractivity contribution in [2.24, 2.45) is 0 Å². The van der Waals surface area contributed by atoms with Gasteiger partial charge in [-0.15, -0.1) is 0 Å². The van der Waals surface area contributed by atoms with Gasteiger partial charge in [0, 0.05) is 50.6 Å². The number of carbonyl (C=O) groups excluding carboxylic acids is 2. The zero-order chi connectivity index (χ0) is 14.4. The number of rotatable bonds is 4. The van der Waals surface area contributed by atoms with E-state index in [9.17, 15) is 9.59 Å². The molecule has 2 rings (SSSR count). The molecule has 1 fully saturated rings. The highest BCUT2D eigenvalue weighted by Crippen LogP contribution is 2.10. The summed E-state index contributed by atoms with van der Waals surface area (Å²) in [7, 11) is 0. The monoisotopic (exact) mass is 275 g/mol. The Bertz CT molecular complexity index is 453. The lowest BCUT2D eigenvalue weighted by Crippen LogP contribution is -2.50. The van der Waals surface area contributed by atoms with Crippen molar-refractivity contribution in [3.05, 3.63) is 30.1 Å². The van der Waals surface area contributed by atoms with E-state index in [1.54, 1.807) is 29.4 Å². The summed E-state index contributed by atoms with van der Waals surface area (Å²) in [4.78, 5) is 31.7. The molecule has 2 heterocycles. The van der Waals surface area contributed by atoms with Crippen LogP contribution >= 0.6 is 0 Å². The van der Waals surface area contributed by atoms with E-state index in [4.69, 9.17) is 0 Å². The van der Waals surface area contributed by atoms with Crippen LogP contribution in [0, 0.1) is 0 Å². The summed E-state index contributed by atoms with van der Waals surface area (Å²) < 4.78 is 0. The molecule has 0 aromatic carbocycles. The Labute approximate surface area is 119 Å². The van der Waals surface area contributed by atoms with Gasteiger partial charge in [-0.25, -0.2) is 0 Å². The number of pyridine rings is 1. The number of amides is 2. The normalized spacial score (nSPS) is 15.2. The van der Waals surface area contributed by atoms with Crippen molar-refractivity contribution < 1.29 is 9.59 Å². The number of aromatic nitrogens is 1. The lowest BCUT2D eigenvalue weighted by molar-refractivity contribution is -0.132. The fourth-order valence-corrected chi connectivity index (χ4v) is 2.32. The second-order valence-electron chi connectivity index (χ2n) is 5.01. The van der Waals surface area contributed by atoms with Gasteiger partial charge < -0.3 is 9.80 Å². The average Bonchev–Trinajstić information content (AvgIpc) is 2.53. The minimum absolute atomic E-state index is 0.0213. The standard InChI is InChI=1S/C15H21N3O2/c1-2-3-4-14(19)17-9-11-18(12-10-17)15(20)13-5-7-16-8-6-13/h5-8H,2-4,9-12H2,1H3.